The van der Waals surface area contributed by atoms with Crippen LogP contribution in [-0.4, -0.2) is 64.1 Å². The number of fused-ring (bicyclic) bond motifs is 2. The average Bonchev–Trinajstić information content (AvgIpc) is 3.51. The smallest absolute Gasteiger partial charge is 0.274 e. The molecule has 1 amide bonds. The van der Waals surface area contributed by atoms with E-state index in [9.17, 15) is 9.59 Å². The number of pyridine rings is 1. The molecule has 0 radical (unpaired) electrons. The molecule has 3 aromatic heterocycles. The summed E-state index contributed by atoms with van der Waals surface area (Å²) >= 11 is 0. The zero-order valence-electron chi connectivity index (χ0n) is 21.1. The average molecular weight is 508 g/mol. The third kappa shape index (κ3) is 4.36. The highest BCUT2D eigenvalue weighted by Gasteiger charge is 2.46. The number of rotatable bonds is 7. The monoisotopic (exact) mass is 507 g/mol. The van der Waals surface area contributed by atoms with Crippen LogP contribution in [-0.2, 0) is 9.47 Å². The van der Waals surface area contributed by atoms with Gasteiger partial charge >= 0.3 is 0 Å². The molecule has 0 aromatic carbocycles. The topological polar surface area (TPSA) is 124 Å². The quantitative estimate of drug-likeness (QED) is 0.446. The van der Waals surface area contributed by atoms with Crippen molar-refractivity contribution in [3.05, 3.63) is 46.6 Å². The van der Waals surface area contributed by atoms with Gasteiger partial charge < -0.3 is 30.0 Å². The van der Waals surface area contributed by atoms with E-state index in [1.807, 2.05) is 12.3 Å². The molecule has 6 rings (SSSR count). The van der Waals surface area contributed by atoms with E-state index < -0.39 is 0 Å². The Kier molecular flexibility index (Phi) is 6.33. The van der Waals surface area contributed by atoms with Crippen molar-refractivity contribution in [1.82, 2.24) is 24.5 Å². The van der Waals surface area contributed by atoms with E-state index in [4.69, 9.17) is 9.47 Å². The fraction of sp³-hybridized carbons (Fsp3) is 0.538. The summed E-state index contributed by atoms with van der Waals surface area (Å²) in [5, 5.41) is 14.0. The summed E-state index contributed by atoms with van der Waals surface area (Å²) in [5.41, 5.74) is 1.87. The van der Waals surface area contributed by atoms with E-state index in [1.165, 1.54) is 10.7 Å². The zero-order chi connectivity index (χ0) is 25.5. The largest absolute Gasteiger partial charge is 0.385 e. The number of carbonyl (C=O) groups is 1. The van der Waals surface area contributed by atoms with Gasteiger partial charge in [-0.05, 0) is 56.6 Å². The Balaban J connectivity index is 1.25. The molecule has 37 heavy (non-hydrogen) atoms. The van der Waals surface area contributed by atoms with Crippen LogP contribution in [0.4, 0.5) is 17.2 Å². The van der Waals surface area contributed by atoms with Crippen molar-refractivity contribution < 1.29 is 14.3 Å². The molecule has 4 heterocycles. The zero-order valence-corrected chi connectivity index (χ0v) is 21.1. The molecule has 3 atom stereocenters. The summed E-state index contributed by atoms with van der Waals surface area (Å²) in [6, 6.07) is 5.56. The van der Waals surface area contributed by atoms with Crippen molar-refractivity contribution in [1.29, 1.82) is 0 Å². The summed E-state index contributed by atoms with van der Waals surface area (Å²) < 4.78 is 14.6. The highest BCUT2D eigenvalue weighted by molar-refractivity contribution is 5.94. The first-order chi connectivity index (χ1) is 18.1. The number of imidazole rings is 1. The minimum atomic E-state index is -0.244. The first-order valence-electron chi connectivity index (χ1n) is 13.1. The molecular formula is C26H33N7O4. The van der Waals surface area contributed by atoms with E-state index >= 15 is 0 Å². The Hall–Kier alpha value is -3.44. The highest BCUT2D eigenvalue weighted by atomic mass is 16.5. The summed E-state index contributed by atoms with van der Waals surface area (Å²) in [7, 11) is 3.53. The van der Waals surface area contributed by atoms with Gasteiger partial charge in [0.05, 0.1) is 30.1 Å². The molecule has 2 aliphatic carbocycles. The van der Waals surface area contributed by atoms with E-state index in [0.717, 1.165) is 45.1 Å². The number of carbonyl (C=O) groups excluding carboxylic acids is 1. The van der Waals surface area contributed by atoms with Crippen LogP contribution >= 0.6 is 0 Å². The van der Waals surface area contributed by atoms with Gasteiger partial charge in [0.25, 0.3) is 11.5 Å². The van der Waals surface area contributed by atoms with Crippen molar-refractivity contribution in [3.63, 3.8) is 0 Å². The lowest BCUT2D eigenvalue weighted by atomic mass is 9.77. The summed E-state index contributed by atoms with van der Waals surface area (Å²) in [6.07, 6.45) is 9.41. The number of hydrogen-bond acceptors (Lipinski definition) is 8. The molecule has 3 aliphatic rings. The van der Waals surface area contributed by atoms with Crippen molar-refractivity contribution in [2.75, 3.05) is 31.4 Å². The van der Waals surface area contributed by atoms with Crippen LogP contribution in [0.15, 0.2) is 35.4 Å². The number of aromatic nitrogens is 4. The van der Waals surface area contributed by atoms with Crippen LogP contribution in [0.25, 0.3) is 5.65 Å². The van der Waals surface area contributed by atoms with Crippen molar-refractivity contribution >= 4 is 28.7 Å². The first kappa shape index (κ1) is 23.9. The maximum absolute atomic E-state index is 13.3. The number of nitrogens with zero attached hydrogens (tertiary/aromatic N) is 4. The number of anilines is 3. The molecule has 3 aromatic rings. The Morgan fingerprint density at radius 3 is 2.78 bits per heavy atom. The van der Waals surface area contributed by atoms with Crippen LogP contribution in [0.3, 0.4) is 0 Å². The summed E-state index contributed by atoms with van der Waals surface area (Å²) in [6.45, 7) is 0.759. The number of ether oxygens (including phenoxy) is 2. The third-order valence-electron chi connectivity index (χ3n) is 8.11. The SMILES string of the molecule is CNc1cc(Nc2cccn(C3CCC(OC)CC3)c2=O)nn2c(C(=O)N[C@@H]3C[C@H]4CCO[C@H]43)cnc12. The van der Waals surface area contributed by atoms with Gasteiger partial charge in [0.2, 0.25) is 0 Å². The van der Waals surface area contributed by atoms with E-state index in [0.29, 0.717) is 34.5 Å². The van der Waals surface area contributed by atoms with Crippen molar-refractivity contribution in [3.8, 4) is 0 Å². The molecule has 1 aliphatic heterocycles. The van der Waals surface area contributed by atoms with E-state index in [2.05, 4.69) is 26.0 Å². The summed E-state index contributed by atoms with van der Waals surface area (Å²) in [4.78, 5) is 30.9. The van der Waals surface area contributed by atoms with E-state index in [-0.39, 0.29) is 35.8 Å². The van der Waals surface area contributed by atoms with E-state index in [1.54, 1.807) is 30.9 Å². The Morgan fingerprint density at radius 2 is 2.03 bits per heavy atom. The predicted molar refractivity (Wildman–Crippen MR) is 139 cm³/mol. The molecule has 11 heteroatoms. The van der Waals surface area contributed by atoms with Crippen LogP contribution in [0, 0.1) is 5.92 Å². The molecule has 11 nitrogen and oxygen atoms in total. The van der Waals surface area contributed by atoms with Gasteiger partial charge in [-0.2, -0.15) is 0 Å². The Bertz CT molecular complexity index is 1360. The fourth-order valence-corrected chi connectivity index (χ4v) is 5.96. The molecule has 3 fully saturated rings. The molecule has 2 saturated carbocycles. The third-order valence-corrected chi connectivity index (χ3v) is 8.11. The van der Waals surface area contributed by atoms with Gasteiger partial charge in [0, 0.05) is 39.1 Å². The minimum absolute atomic E-state index is 0.0115. The van der Waals surface area contributed by atoms with Gasteiger partial charge in [-0.1, -0.05) is 0 Å². The molecule has 0 unspecified atom stereocenters. The lowest BCUT2D eigenvalue weighted by molar-refractivity contribution is -0.000686. The maximum atomic E-state index is 13.3. The minimum Gasteiger partial charge on any atom is -0.385 e. The van der Waals surface area contributed by atoms with Crippen molar-refractivity contribution in [2.45, 2.75) is 62.8 Å². The van der Waals surface area contributed by atoms with Gasteiger partial charge in [-0.25, -0.2) is 9.50 Å². The second kappa shape index (κ2) is 9.79. The van der Waals surface area contributed by atoms with Gasteiger partial charge in [0.1, 0.15) is 5.69 Å². The van der Waals surface area contributed by atoms with Crippen LogP contribution < -0.4 is 21.5 Å². The standard InChI is InChI=1S/C26H33N7O4/c1-27-20-13-22(29-18-4-3-10-32(26(18)35)16-5-7-17(36-2)8-6-16)31-33-21(14-28-24(20)33)25(34)30-19-12-15-9-11-37-23(15)19/h3-4,10,13-17,19,23,27H,5-9,11-12H2,1-2H3,(H,29,31)(H,30,34)/t15-,16?,17?,19-,23-/m1/s1. The highest BCUT2D eigenvalue weighted by Crippen LogP contribution is 2.38. The number of amides is 1. The van der Waals surface area contributed by atoms with Crippen LogP contribution in [0.1, 0.15) is 55.1 Å². The van der Waals surface area contributed by atoms with Crippen LogP contribution in [0.2, 0.25) is 0 Å². The predicted octanol–water partition coefficient (Wildman–Crippen LogP) is 2.71. The summed E-state index contributed by atoms with van der Waals surface area (Å²) in [5.74, 6) is 0.735. The number of hydrogen-bond donors (Lipinski definition) is 3. The second-order valence-corrected chi connectivity index (χ2v) is 10.2. The van der Waals surface area contributed by atoms with Gasteiger partial charge in [0.15, 0.2) is 17.2 Å². The molecule has 0 bridgehead atoms. The lowest BCUT2D eigenvalue weighted by Gasteiger charge is -2.39. The van der Waals surface area contributed by atoms with Crippen molar-refractivity contribution in [2.24, 2.45) is 5.92 Å². The molecule has 1 saturated heterocycles. The molecule has 0 spiro atoms. The Labute approximate surface area is 214 Å². The lowest BCUT2D eigenvalue weighted by Crippen LogP contribution is -2.54. The van der Waals surface area contributed by atoms with Gasteiger partial charge in [-0.15, -0.1) is 5.10 Å². The first-order valence-corrected chi connectivity index (χ1v) is 13.1. The maximum Gasteiger partial charge on any atom is 0.274 e. The number of methoxy groups -OCH3 is 1. The van der Waals surface area contributed by atoms with Crippen LogP contribution in [0.5, 0.6) is 0 Å². The fourth-order valence-electron chi connectivity index (χ4n) is 5.96. The molecule has 196 valence electrons. The number of nitrogens with one attached hydrogen (secondary N) is 3. The molecule has 3 N–H and O–H groups in total. The molecular weight excluding hydrogens is 474 g/mol. The Morgan fingerprint density at radius 1 is 1.19 bits per heavy atom. The normalized spacial score (nSPS) is 26.9. The van der Waals surface area contributed by atoms with Gasteiger partial charge in [-0.3, -0.25) is 9.59 Å². The second-order valence-electron chi connectivity index (χ2n) is 10.2.